The maximum Gasteiger partial charge on any atom is 0.244 e. The van der Waals surface area contributed by atoms with Gasteiger partial charge in [0.1, 0.15) is 6.04 Å². The topological polar surface area (TPSA) is 75.4 Å². The molecule has 5 heteroatoms. The van der Waals surface area contributed by atoms with Crippen LogP contribution < -0.4 is 11.1 Å². The average Bonchev–Trinajstić information content (AvgIpc) is 2.61. The standard InChI is InChI=1S/C14H27N3O2/c1-4-17(3)14(19)10(2)16-13(18)11-8-6-5-7-9-12(11)15/h10-12H,4-9,15H2,1-3H3,(H,16,18). The van der Waals surface area contributed by atoms with Gasteiger partial charge in [0.25, 0.3) is 0 Å². The van der Waals surface area contributed by atoms with Gasteiger partial charge in [-0.15, -0.1) is 0 Å². The highest BCUT2D eigenvalue weighted by Gasteiger charge is 2.29. The Balaban J connectivity index is 2.55. The van der Waals surface area contributed by atoms with Crippen molar-refractivity contribution in [2.45, 2.75) is 58.0 Å². The summed E-state index contributed by atoms with van der Waals surface area (Å²) in [5.74, 6) is -0.275. The SMILES string of the molecule is CCN(C)C(=O)C(C)NC(=O)C1CCCCCC1N. The van der Waals surface area contributed by atoms with Gasteiger partial charge in [-0.25, -0.2) is 0 Å². The quantitative estimate of drug-likeness (QED) is 0.744. The maximum absolute atomic E-state index is 12.2. The molecule has 5 nitrogen and oxygen atoms in total. The van der Waals surface area contributed by atoms with Gasteiger partial charge in [0.2, 0.25) is 11.8 Å². The molecule has 3 N–H and O–H groups in total. The number of carbonyl (C=O) groups excluding carboxylic acids is 2. The van der Waals surface area contributed by atoms with Crippen LogP contribution in [-0.2, 0) is 9.59 Å². The van der Waals surface area contributed by atoms with E-state index in [9.17, 15) is 9.59 Å². The predicted molar refractivity (Wildman–Crippen MR) is 75.5 cm³/mol. The monoisotopic (exact) mass is 269 g/mol. The van der Waals surface area contributed by atoms with Gasteiger partial charge in [0.05, 0.1) is 5.92 Å². The second kappa shape index (κ2) is 7.48. The normalized spacial score (nSPS) is 25.3. The van der Waals surface area contributed by atoms with E-state index in [-0.39, 0.29) is 23.8 Å². The molecule has 0 saturated heterocycles. The van der Waals surface area contributed by atoms with Crippen LogP contribution in [0.3, 0.4) is 0 Å². The fourth-order valence-corrected chi connectivity index (χ4v) is 2.53. The summed E-state index contributed by atoms with van der Waals surface area (Å²) in [5.41, 5.74) is 6.06. The van der Waals surface area contributed by atoms with Crippen molar-refractivity contribution >= 4 is 11.8 Å². The van der Waals surface area contributed by atoms with Crippen LogP contribution in [0.15, 0.2) is 0 Å². The number of rotatable bonds is 4. The minimum Gasteiger partial charge on any atom is -0.344 e. The molecule has 1 rings (SSSR count). The number of nitrogens with one attached hydrogen (secondary N) is 1. The lowest BCUT2D eigenvalue weighted by molar-refractivity contribution is -0.136. The summed E-state index contributed by atoms with van der Waals surface area (Å²) < 4.78 is 0. The Morgan fingerprint density at radius 2 is 1.95 bits per heavy atom. The van der Waals surface area contributed by atoms with Crippen molar-refractivity contribution in [3.63, 3.8) is 0 Å². The van der Waals surface area contributed by atoms with Crippen LogP contribution in [0.25, 0.3) is 0 Å². The number of amides is 2. The van der Waals surface area contributed by atoms with Crippen LogP contribution in [0.5, 0.6) is 0 Å². The third-order valence-electron chi connectivity index (χ3n) is 3.99. The Morgan fingerprint density at radius 1 is 1.32 bits per heavy atom. The second-order valence-corrected chi connectivity index (χ2v) is 5.49. The number of nitrogens with zero attached hydrogens (tertiary/aromatic N) is 1. The van der Waals surface area contributed by atoms with E-state index >= 15 is 0 Å². The van der Waals surface area contributed by atoms with Crippen LogP contribution in [0.2, 0.25) is 0 Å². The van der Waals surface area contributed by atoms with Gasteiger partial charge >= 0.3 is 0 Å². The number of nitrogens with two attached hydrogens (primary N) is 1. The van der Waals surface area contributed by atoms with Gasteiger partial charge in [-0.2, -0.15) is 0 Å². The number of carbonyl (C=O) groups is 2. The van der Waals surface area contributed by atoms with Crippen molar-refractivity contribution in [2.75, 3.05) is 13.6 Å². The third kappa shape index (κ3) is 4.49. The molecule has 1 aliphatic rings. The molecule has 0 aromatic rings. The molecule has 2 amide bonds. The highest BCUT2D eigenvalue weighted by molar-refractivity contribution is 5.88. The average molecular weight is 269 g/mol. The van der Waals surface area contributed by atoms with Crippen molar-refractivity contribution in [1.82, 2.24) is 10.2 Å². The first-order chi connectivity index (χ1) is 8.97. The van der Waals surface area contributed by atoms with Crippen LogP contribution in [0, 0.1) is 5.92 Å². The summed E-state index contributed by atoms with van der Waals surface area (Å²) in [7, 11) is 1.74. The smallest absolute Gasteiger partial charge is 0.244 e. The Morgan fingerprint density at radius 3 is 2.58 bits per heavy atom. The lowest BCUT2D eigenvalue weighted by Crippen LogP contribution is -2.50. The summed E-state index contributed by atoms with van der Waals surface area (Å²) in [6.45, 7) is 4.28. The second-order valence-electron chi connectivity index (χ2n) is 5.49. The Hall–Kier alpha value is -1.10. The Kier molecular flexibility index (Phi) is 6.28. The van der Waals surface area contributed by atoms with E-state index in [4.69, 9.17) is 5.73 Å². The molecule has 110 valence electrons. The lowest BCUT2D eigenvalue weighted by atomic mass is 9.94. The van der Waals surface area contributed by atoms with Gasteiger partial charge in [-0.1, -0.05) is 19.3 Å². The minimum absolute atomic E-state index is 0.0574. The summed E-state index contributed by atoms with van der Waals surface area (Å²) in [6, 6.07) is -0.554. The van der Waals surface area contributed by atoms with Gasteiger partial charge in [-0.05, 0) is 26.7 Å². The molecule has 0 spiro atoms. The van der Waals surface area contributed by atoms with E-state index in [1.165, 1.54) is 0 Å². The fourth-order valence-electron chi connectivity index (χ4n) is 2.53. The van der Waals surface area contributed by atoms with Crippen LogP contribution in [0.4, 0.5) is 0 Å². The zero-order chi connectivity index (χ0) is 14.4. The van der Waals surface area contributed by atoms with Crippen molar-refractivity contribution in [3.05, 3.63) is 0 Å². The van der Waals surface area contributed by atoms with Crippen LogP contribution in [0.1, 0.15) is 46.0 Å². The van der Waals surface area contributed by atoms with Gasteiger partial charge < -0.3 is 16.0 Å². The summed E-state index contributed by atoms with van der Waals surface area (Å²) >= 11 is 0. The zero-order valence-electron chi connectivity index (χ0n) is 12.3. The molecule has 0 radical (unpaired) electrons. The third-order valence-corrected chi connectivity index (χ3v) is 3.99. The molecule has 0 aromatic carbocycles. The van der Waals surface area contributed by atoms with Crippen molar-refractivity contribution < 1.29 is 9.59 Å². The molecule has 0 aromatic heterocycles. The van der Waals surface area contributed by atoms with Crippen LogP contribution >= 0.6 is 0 Å². The zero-order valence-corrected chi connectivity index (χ0v) is 12.3. The predicted octanol–water partition coefficient (Wildman–Crippen LogP) is 0.877. The summed E-state index contributed by atoms with van der Waals surface area (Å²) in [4.78, 5) is 25.8. The highest BCUT2D eigenvalue weighted by Crippen LogP contribution is 2.22. The summed E-state index contributed by atoms with van der Waals surface area (Å²) in [6.07, 6.45) is 5.01. The van der Waals surface area contributed by atoms with Crippen molar-refractivity contribution in [3.8, 4) is 0 Å². The first kappa shape index (κ1) is 16.0. The number of hydrogen-bond donors (Lipinski definition) is 2. The van der Waals surface area contributed by atoms with E-state index in [0.29, 0.717) is 6.54 Å². The molecule has 19 heavy (non-hydrogen) atoms. The molecule has 3 unspecified atom stereocenters. The van der Waals surface area contributed by atoms with Gasteiger partial charge in [0.15, 0.2) is 0 Å². The summed E-state index contributed by atoms with van der Waals surface area (Å²) in [5, 5.41) is 2.81. The van der Waals surface area contributed by atoms with Crippen molar-refractivity contribution in [2.24, 2.45) is 11.7 Å². The first-order valence-corrected chi connectivity index (χ1v) is 7.28. The van der Waals surface area contributed by atoms with Crippen LogP contribution in [-0.4, -0.2) is 42.4 Å². The molecule has 1 saturated carbocycles. The van der Waals surface area contributed by atoms with E-state index in [1.54, 1.807) is 18.9 Å². The Labute approximate surface area is 115 Å². The molecule has 1 aliphatic carbocycles. The molecular weight excluding hydrogens is 242 g/mol. The van der Waals surface area contributed by atoms with E-state index in [2.05, 4.69) is 5.32 Å². The molecule has 0 bridgehead atoms. The maximum atomic E-state index is 12.2. The molecule has 0 heterocycles. The van der Waals surface area contributed by atoms with E-state index in [0.717, 1.165) is 32.1 Å². The van der Waals surface area contributed by atoms with E-state index < -0.39 is 6.04 Å². The van der Waals surface area contributed by atoms with Crippen molar-refractivity contribution in [1.29, 1.82) is 0 Å². The fraction of sp³-hybridized carbons (Fsp3) is 0.857. The number of hydrogen-bond acceptors (Lipinski definition) is 3. The highest BCUT2D eigenvalue weighted by atomic mass is 16.2. The first-order valence-electron chi connectivity index (χ1n) is 7.28. The lowest BCUT2D eigenvalue weighted by Gasteiger charge is -2.25. The van der Waals surface area contributed by atoms with Gasteiger partial charge in [0, 0.05) is 19.6 Å². The molecular formula is C14H27N3O2. The molecule has 0 aliphatic heterocycles. The number of likely N-dealkylation sites (N-methyl/N-ethyl adjacent to an activating group) is 1. The van der Waals surface area contributed by atoms with E-state index in [1.807, 2.05) is 6.92 Å². The molecule has 3 atom stereocenters. The Bertz CT molecular complexity index is 320. The molecule has 1 fully saturated rings. The largest absolute Gasteiger partial charge is 0.344 e. The van der Waals surface area contributed by atoms with Gasteiger partial charge in [-0.3, -0.25) is 9.59 Å². The minimum atomic E-state index is -0.479.